The number of rotatable bonds is 7. The van der Waals surface area contributed by atoms with Gasteiger partial charge < -0.3 is 24.8 Å². The average Bonchev–Trinajstić information content (AvgIpc) is 3.38. The molecule has 1 aliphatic carbocycles. The van der Waals surface area contributed by atoms with E-state index in [1.807, 2.05) is 25.2 Å². The van der Waals surface area contributed by atoms with Crippen LogP contribution in [0.5, 0.6) is 17.2 Å². The number of fused-ring (bicyclic) bond motifs is 1. The lowest BCUT2D eigenvalue weighted by Crippen LogP contribution is -2.41. The van der Waals surface area contributed by atoms with Crippen molar-refractivity contribution in [1.82, 2.24) is 10.6 Å². The van der Waals surface area contributed by atoms with Crippen LogP contribution >= 0.6 is 24.0 Å². The van der Waals surface area contributed by atoms with Crippen molar-refractivity contribution in [3.63, 3.8) is 0 Å². The van der Waals surface area contributed by atoms with E-state index in [0.29, 0.717) is 6.79 Å². The highest BCUT2D eigenvalue weighted by molar-refractivity contribution is 14.0. The zero-order chi connectivity index (χ0) is 19.4. The first kappa shape index (κ1) is 21.5. The Morgan fingerprint density at radius 1 is 1.07 bits per heavy atom. The predicted octanol–water partition coefficient (Wildman–Crippen LogP) is 3.48. The smallest absolute Gasteiger partial charge is 0.231 e. The van der Waals surface area contributed by atoms with Crippen molar-refractivity contribution in [3.8, 4) is 17.2 Å². The lowest BCUT2D eigenvalue weighted by Gasteiger charge is -2.19. The second-order valence-electron chi connectivity index (χ2n) is 7.30. The molecule has 0 unspecified atom stereocenters. The third kappa shape index (κ3) is 5.07. The van der Waals surface area contributed by atoms with Gasteiger partial charge in [0.15, 0.2) is 17.5 Å². The molecule has 1 heterocycles. The van der Waals surface area contributed by atoms with Crippen LogP contribution in [0.4, 0.5) is 0 Å². The van der Waals surface area contributed by atoms with E-state index in [0.717, 1.165) is 42.7 Å². The Labute approximate surface area is 189 Å². The Bertz CT molecular complexity index is 851. The van der Waals surface area contributed by atoms with Crippen LogP contribution in [-0.4, -0.2) is 40.0 Å². The summed E-state index contributed by atoms with van der Waals surface area (Å²) in [6.07, 6.45) is 3.27. The third-order valence-corrected chi connectivity index (χ3v) is 5.52. The number of benzene rings is 2. The molecular weight excluding hydrogens is 481 g/mol. The van der Waals surface area contributed by atoms with Crippen molar-refractivity contribution in [2.75, 3.05) is 34.0 Å². The van der Waals surface area contributed by atoms with Crippen molar-refractivity contribution >= 4 is 29.9 Å². The summed E-state index contributed by atoms with van der Waals surface area (Å²) in [5, 5.41) is 6.89. The number of guanidine groups is 1. The van der Waals surface area contributed by atoms with E-state index in [4.69, 9.17) is 14.2 Å². The van der Waals surface area contributed by atoms with Crippen molar-refractivity contribution in [2.24, 2.45) is 4.99 Å². The summed E-state index contributed by atoms with van der Waals surface area (Å²) in [5.41, 5.74) is 2.73. The van der Waals surface area contributed by atoms with Gasteiger partial charge >= 0.3 is 0 Å². The number of hydrogen-bond acceptors (Lipinski definition) is 4. The maximum atomic E-state index is 5.53. The van der Waals surface area contributed by atoms with Crippen LogP contribution in [0.2, 0.25) is 0 Å². The van der Waals surface area contributed by atoms with Crippen LogP contribution in [0.25, 0.3) is 0 Å². The van der Waals surface area contributed by atoms with Gasteiger partial charge in [0.1, 0.15) is 5.75 Å². The van der Waals surface area contributed by atoms with Gasteiger partial charge in [0.2, 0.25) is 6.79 Å². The number of ether oxygens (including phenoxy) is 3. The minimum Gasteiger partial charge on any atom is -0.497 e. The lowest BCUT2D eigenvalue weighted by molar-refractivity contribution is 0.174. The quantitative estimate of drug-likeness (QED) is 0.340. The number of nitrogens with zero attached hydrogens (tertiary/aromatic N) is 1. The maximum Gasteiger partial charge on any atom is 0.231 e. The first-order chi connectivity index (χ1) is 13.7. The summed E-state index contributed by atoms with van der Waals surface area (Å²) in [6, 6.07) is 14.5. The number of nitrogens with one attached hydrogen (secondary N) is 2. The molecule has 0 atom stereocenters. The molecule has 2 N–H and O–H groups in total. The Hall–Kier alpha value is -2.16. The zero-order valence-corrected chi connectivity index (χ0v) is 19.2. The van der Waals surface area contributed by atoms with Crippen LogP contribution in [0.3, 0.4) is 0 Å². The molecule has 2 aromatic rings. The molecule has 4 rings (SSSR count). The van der Waals surface area contributed by atoms with Crippen molar-refractivity contribution < 1.29 is 14.2 Å². The summed E-state index contributed by atoms with van der Waals surface area (Å²) in [4.78, 5) is 4.36. The van der Waals surface area contributed by atoms with Gasteiger partial charge in [0.05, 0.1) is 7.11 Å². The Morgan fingerprint density at radius 2 is 1.83 bits per heavy atom. The largest absolute Gasteiger partial charge is 0.497 e. The molecule has 0 aromatic heterocycles. The molecule has 0 spiro atoms. The molecule has 0 radical (unpaired) electrons. The van der Waals surface area contributed by atoms with E-state index in [9.17, 15) is 0 Å². The van der Waals surface area contributed by atoms with Gasteiger partial charge in [-0.1, -0.05) is 18.2 Å². The normalized spacial score (nSPS) is 16.0. The van der Waals surface area contributed by atoms with E-state index in [2.05, 4.69) is 39.9 Å². The molecule has 2 aliphatic rings. The van der Waals surface area contributed by atoms with Gasteiger partial charge in [-0.15, -0.1) is 24.0 Å². The lowest BCUT2D eigenvalue weighted by atomic mass is 9.95. The van der Waals surface area contributed by atoms with Crippen LogP contribution < -0.4 is 24.8 Å². The van der Waals surface area contributed by atoms with Crippen molar-refractivity contribution in [1.29, 1.82) is 0 Å². The summed E-state index contributed by atoms with van der Waals surface area (Å²) >= 11 is 0. The molecule has 0 amide bonds. The summed E-state index contributed by atoms with van der Waals surface area (Å²) in [6.45, 7) is 1.99. The van der Waals surface area contributed by atoms with Gasteiger partial charge in [-0.2, -0.15) is 0 Å². The van der Waals surface area contributed by atoms with Crippen LogP contribution in [0.1, 0.15) is 24.0 Å². The SMILES string of the molecule is CN=C(NCCc1ccc(OC)cc1)NCC1(c2ccc3c(c2)OCO3)CC1.I. The van der Waals surface area contributed by atoms with Gasteiger partial charge in [-0.3, -0.25) is 4.99 Å². The Balaban J connectivity index is 0.00000240. The Morgan fingerprint density at radius 3 is 2.52 bits per heavy atom. The molecule has 1 aliphatic heterocycles. The predicted molar refractivity (Wildman–Crippen MR) is 125 cm³/mol. The monoisotopic (exact) mass is 509 g/mol. The van der Waals surface area contributed by atoms with Gasteiger partial charge in [-0.05, 0) is 54.7 Å². The molecule has 6 nitrogen and oxygen atoms in total. The minimum atomic E-state index is 0. The highest BCUT2D eigenvalue weighted by Gasteiger charge is 2.44. The second-order valence-corrected chi connectivity index (χ2v) is 7.30. The van der Waals surface area contributed by atoms with Crippen LogP contribution in [0.15, 0.2) is 47.5 Å². The first-order valence-electron chi connectivity index (χ1n) is 9.70. The molecule has 0 saturated heterocycles. The van der Waals surface area contributed by atoms with Gasteiger partial charge in [-0.25, -0.2) is 0 Å². The molecule has 1 saturated carbocycles. The van der Waals surface area contributed by atoms with Gasteiger partial charge in [0, 0.05) is 25.6 Å². The molecule has 2 aromatic carbocycles. The van der Waals surface area contributed by atoms with E-state index < -0.39 is 0 Å². The molecule has 1 fully saturated rings. The van der Waals surface area contributed by atoms with Crippen LogP contribution in [0, 0.1) is 0 Å². The molecule has 156 valence electrons. The number of methoxy groups -OCH3 is 1. The van der Waals surface area contributed by atoms with E-state index in [-0.39, 0.29) is 29.4 Å². The highest BCUT2D eigenvalue weighted by atomic mass is 127. The standard InChI is InChI=1S/C22H27N3O3.HI/c1-23-21(24-12-9-16-3-6-18(26-2)7-4-16)25-14-22(10-11-22)17-5-8-19-20(13-17)28-15-27-19;/h3-8,13H,9-12,14-15H2,1-2H3,(H2,23,24,25);1H. The Kier molecular flexibility index (Phi) is 7.10. The fraction of sp³-hybridized carbons (Fsp3) is 0.409. The molecular formula is C22H28IN3O3. The van der Waals surface area contributed by atoms with E-state index >= 15 is 0 Å². The second kappa shape index (κ2) is 9.56. The first-order valence-corrected chi connectivity index (χ1v) is 9.70. The van der Waals surface area contributed by atoms with Crippen molar-refractivity contribution in [3.05, 3.63) is 53.6 Å². The van der Waals surface area contributed by atoms with E-state index in [1.165, 1.54) is 24.0 Å². The third-order valence-electron chi connectivity index (χ3n) is 5.52. The summed E-state index contributed by atoms with van der Waals surface area (Å²) in [7, 11) is 3.49. The number of aliphatic imine (C=N–C) groups is 1. The number of halogens is 1. The fourth-order valence-electron chi connectivity index (χ4n) is 3.54. The topological polar surface area (TPSA) is 64.1 Å². The molecule has 29 heavy (non-hydrogen) atoms. The average molecular weight is 509 g/mol. The molecule has 7 heteroatoms. The number of hydrogen-bond donors (Lipinski definition) is 2. The van der Waals surface area contributed by atoms with E-state index in [1.54, 1.807) is 7.11 Å². The maximum absolute atomic E-state index is 5.53. The summed E-state index contributed by atoms with van der Waals surface area (Å²) in [5.74, 6) is 3.40. The molecule has 0 bridgehead atoms. The van der Waals surface area contributed by atoms with Gasteiger partial charge in [0.25, 0.3) is 0 Å². The van der Waals surface area contributed by atoms with Crippen LogP contribution in [-0.2, 0) is 11.8 Å². The minimum absolute atomic E-state index is 0. The zero-order valence-electron chi connectivity index (χ0n) is 16.9. The summed E-state index contributed by atoms with van der Waals surface area (Å²) < 4.78 is 16.2. The highest BCUT2D eigenvalue weighted by Crippen LogP contribution is 2.49. The fourth-order valence-corrected chi connectivity index (χ4v) is 3.54. The van der Waals surface area contributed by atoms with Crippen molar-refractivity contribution in [2.45, 2.75) is 24.7 Å².